The normalized spacial score (nSPS) is 12.2. The van der Waals surface area contributed by atoms with Crippen LogP contribution in [0.2, 0.25) is 0 Å². The standard InChI is InChI=1S/C17H15NO3/c1-11(17(18)19)20-15-9-5-3-7-13(15)16-10-12-6-2-4-8-14(12)21-16/h2-11H,1H3,(H2,18,19)/t11-/m0/s1. The first-order valence-corrected chi connectivity index (χ1v) is 6.69. The molecular formula is C17H15NO3. The monoisotopic (exact) mass is 281 g/mol. The minimum atomic E-state index is -0.699. The van der Waals surface area contributed by atoms with E-state index in [-0.39, 0.29) is 0 Å². The van der Waals surface area contributed by atoms with Crippen molar-refractivity contribution in [3.8, 4) is 17.1 Å². The highest BCUT2D eigenvalue weighted by molar-refractivity contribution is 5.84. The van der Waals surface area contributed by atoms with E-state index < -0.39 is 12.0 Å². The van der Waals surface area contributed by atoms with E-state index in [0.29, 0.717) is 11.5 Å². The summed E-state index contributed by atoms with van der Waals surface area (Å²) in [6, 6.07) is 17.1. The molecule has 0 radical (unpaired) electrons. The molecule has 1 atom stereocenters. The zero-order chi connectivity index (χ0) is 14.8. The number of benzene rings is 2. The summed E-state index contributed by atoms with van der Waals surface area (Å²) in [6.07, 6.45) is -0.699. The molecule has 2 aromatic carbocycles. The summed E-state index contributed by atoms with van der Waals surface area (Å²) in [4.78, 5) is 11.2. The number of hydrogen-bond donors (Lipinski definition) is 1. The molecule has 0 aliphatic rings. The smallest absolute Gasteiger partial charge is 0.258 e. The molecule has 1 aromatic heterocycles. The van der Waals surface area contributed by atoms with E-state index in [1.54, 1.807) is 13.0 Å². The minimum absolute atomic E-state index is 0.505. The maximum Gasteiger partial charge on any atom is 0.258 e. The van der Waals surface area contributed by atoms with Crippen molar-refractivity contribution in [1.29, 1.82) is 0 Å². The van der Waals surface area contributed by atoms with E-state index in [2.05, 4.69) is 0 Å². The molecule has 3 aromatic rings. The summed E-state index contributed by atoms with van der Waals surface area (Å²) in [7, 11) is 0. The molecule has 4 heteroatoms. The van der Waals surface area contributed by atoms with Gasteiger partial charge >= 0.3 is 0 Å². The first-order chi connectivity index (χ1) is 10.1. The van der Waals surface area contributed by atoms with Crippen molar-refractivity contribution >= 4 is 16.9 Å². The maximum absolute atomic E-state index is 11.2. The molecule has 0 saturated heterocycles. The van der Waals surface area contributed by atoms with Gasteiger partial charge in [-0.05, 0) is 31.2 Å². The molecule has 0 aliphatic heterocycles. The van der Waals surface area contributed by atoms with Gasteiger partial charge in [0.25, 0.3) is 5.91 Å². The highest BCUT2D eigenvalue weighted by atomic mass is 16.5. The Morgan fingerprint density at radius 3 is 2.62 bits per heavy atom. The van der Waals surface area contributed by atoms with Crippen LogP contribution in [-0.4, -0.2) is 12.0 Å². The molecule has 106 valence electrons. The van der Waals surface area contributed by atoms with Crippen molar-refractivity contribution in [2.24, 2.45) is 5.73 Å². The van der Waals surface area contributed by atoms with Crippen molar-refractivity contribution in [2.45, 2.75) is 13.0 Å². The Balaban J connectivity index is 2.03. The van der Waals surface area contributed by atoms with Crippen LogP contribution in [0.3, 0.4) is 0 Å². The molecule has 4 nitrogen and oxygen atoms in total. The maximum atomic E-state index is 11.2. The van der Waals surface area contributed by atoms with Gasteiger partial charge in [0.1, 0.15) is 17.1 Å². The number of nitrogens with two attached hydrogens (primary N) is 1. The minimum Gasteiger partial charge on any atom is -0.480 e. The first kappa shape index (κ1) is 13.2. The molecule has 3 rings (SSSR count). The van der Waals surface area contributed by atoms with Crippen molar-refractivity contribution in [2.75, 3.05) is 0 Å². The second-order valence-corrected chi connectivity index (χ2v) is 4.81. The van der Waals surface area contributed by atoms with Gasteiger partial charge in [0.05, 0.1) is 5.56 Å². The predicted molar refractivity (Wildman–Crippen MR) is 80.9 cm³/mol. The Hall–Kier alpha value is -2.75. The van der Waals surface area contributed by atoms with Gasteiger partial charge in [-0.25, -0.2) is 0 Å². The fraction of sp³-hybridized carbons (Fsp3) is 0.118. The lowest BCUT2D eigenvalue weighted by molar-refractivity contribution is -0.123. The van der Waals surface area contributed by atoms with Crippen LogP contribution >= 0.6 is 0 Å². The quantitative estimate of drug-likeness (QED) is 0.797. The largest absolute Gasteiger partial charge is 0.480 e. The third-order valence-corrected chi connectivity index (χ3v) is 3.28. The SMILES string of the molecule is C[C@H](Oc1ccccc1-c1cc2ccccc2o1)C(N)=O. The van der Waals surface area contributed by atoms with Gasteiger partial charge in [-0.3, -0.25) is 4.79 Å². The number of rotatable bonds is 4. The van der Waals surface area contributed by atoms with Gasteiger partial charge in [-0.2, -0.15) is 0 Å². The van der Waals surface area contributed by atoms with Crippen LogP contribution in [-0.2, 0) is 4.79 Å². The lowest BCUT2D eigenvalue weighted by Crippen LogP contribution is -2.30. The van der Waals surface area contributed by atoms with Crippen molar-refractivity contribution in [1.82, 2.24) is 0 Å². The van der Waals surface area contributed by atoms with Gasteiger partial charge < -0.3 is 14.9 Å². The van der Waals surface area contributed by atoms with E-state index in [4.69, 9.17) is 14.9 Å². The average molecular weight is 281 g/mol. The van der Waals surface area contributed by atoms with E-state index in [9.17, 15) is 4.79 Å². The highest BCUT2D eigenvalue weighted by Gasteiger charge is 2.15. The number of furan rings is 1. The van der Waals surface area contributed by atoms with Crippen LogP contribution in [0, 0.1) is 0 Å². The fourth-order valence-corrected chi connectivity index (χ4v) is 2.14. The summed E-state index contributed by atoms with van der Waals surface area (Å²) < 4.78 is 11.5. The topological polar surface area (TPSA) is 65.5 Å². The van der Waals surface area contributed by atoms with E-state index in [1.807, 2.05) is 48.5 Å². The molecule has 0 bridgehead atoms. The van der Waals surface area contributed by atoms with E-state index in [1.165, 1.54) is 0 Å². The van der Waals surface area contributed by atoms with Gasteiger partial charge in [0.15, 0.2) is 6.10 Å². The lowest BCUT2D eigenvalue weighted by Gasteiger charge is -2.13. The first-order valence-electron chi connectivity index (χ1n) is 6.69. The van der Waals surface area contributed by atoms with Crippen LogP contribution in [0.1, 0.15) is 6.92 Å². The fourth-order valence-electron chi connectivity index (χ4n) is 2.14. The Morgan fingerprint density at radius 1 is 1.14 bits per heavy atom. The van der Waals surface area contributed by atoms with Crippen LogP contribution in [0.15, 0.2) is 59.0 Å². The second-order valence-electron chi connectivity index (χ2n) is 4.81. The molecule has 1 amide bonds. The molecule has 21 heavy (non-hydrogen) atoms. The van der Waals surface area contributed by atoms with Crippen LogP contribution in [0.4, 0.5) is 0 Å². The van der Waals surface area contributed by atoms with Crippen molar-refractivity contribution in [3.05, 3.63) is 54.6 Å². The van der Waals surface area contributed by atoms with Gasteiger partial charge in [0.2, 0.25) is 0 Å². The van der Waals surface area contributed by atoms with Gasteiger partial charge in [-0.15, -0.1) is 0 Å². The Kier molecular flexibility index (Phi) is 3.36. The molecule has 0 unspecified atom stereocenters. The van der Waals surface area contributed by atoms with Crippen molar-refractivity contribution in [3.63, 3.8) is 0 Å². The third-order valence-electron chi connectivity index (χ3n) is 3.28. The van der Waals surface area contributed by atoms with Gasteiger partial charge in [-0.1, -0.05) is 30.3 Å². The number of hydrogen-bond acceptors (Lipinski definition) is 3. The Labute approximate surface area is 122 Å². The van der Waals surface area contributed by atoms with Crippen molar-refractivity contribution < 1.29 is 13.9 Å². The molecule has 0 spiro atoms. The second kappa shape index (κ2) is 5.32. The number of carbonyl (C=O) groups excluding carboxylic acids is 1. The summed E-state index contributed by atoms with van der Waals surface area (Å²) in [6.45, 7) is 1.62. The molecule has 2 N–H and O–H groups in total. The summed E-state index contributed by atoms with van der Waals surface area (Å²) in [5.74, 6) is 0.765. The molecular weight excluding hydrogens is 266 g/mol. The molecule has 1 heterocycles. The Bertz CT molecular complexity index is 758. The number of ether oxygens (including phenoxy) is 1. The zero-order valence-electron chi connectivity index (χ0n) is 11.6. The summed E-state index contributed by atoms with van der Waals surface area (Å²) in [5, 5.41) is 1.02. The predicted octanol–water partition coefficient (Wildman–Crippen LogP) is 3.35. The van der Waals surface area contributed by atoms with Crippen LogP contribution < -0.4 is 10.5 Å². The number of fused-ring (bicyclic) bond motifs is 1. The van der Waals surface area contributed by atoms with E-state index >= 15 is 0 Å². The third kappa shape index (κ3) is 2.60. The molecule has 0 aliphatic carbocycles. The summed E-state index contributed by atoms with van der Waals surface area (Å²) >= 11 is 0. The zero-order valence-corrected chi connectivity index (χ0v) is 11.6. The van der Waals surface area contributed by atoms with E-state index in [0.717, 1.165) is 16.5 Å². The summed E-state index contributed by atoms with van der Waals surface area (Å²) in [5.41, 5.74) is 6.85. The van der Waals surface area contributed by atoms with Crippen LogP contribution in [0.5, 0.6) is 5.75 Å². The average Bonchev–Trinajstić information content (AvgIpc) is 2.91. The lowest BCUT2D eigenvalue weighted by atomic mass is 10.1. The number of para-hydroxylation sites is 2. The Morgan fingerprint density at radius 2 is 1.86 bits per heavy atom. The van der Waals surface area contributed by atoms with Gasteiger partial charge in [0, 0.05) is 5.39 Å². The molecule has 0 fully saturated rings. The highest BCUT2D eigenvalue weighted by Crippen LogP contribution is 2.34. The number of primary amides is 1. The molecule has 0 saturated carbocycles. The number of amides is 1. The van der Waals surface area contributed by atoms with Crippen LogP contribution in [0.25, 0.3) is 22.3 Å². The number of carbonyl (C=O) groups is 1.